The average molecular weight is 319 g/mol. The van der Waals surface area contributed by atoms with Crippen LogP contribution in [-0.4, -0.2) is 23.9 Å². The molecule has 0 heterocycles. The molecule has 0 bridgehead atoms. The van der Waals surface area contributed by atoms with Gasteiger partial charge in [-0.2, -0.15) is 0 Å². The molecule has 1 unspecified atom stereocenters. The van der Waals surface area contributed by atoms with Crippen LogP contribution >= 0.6 is 11.8 Å². The summed E-state index contributed by atoms with van der Waals surface area (Å²) in [6.45, 7) is -0.0285. The molecule has 3 nitrogen and oxygen atoms in total. The van der Waals surface area contributed by atoms with Gasteiger partial charge in [-0.25, -0.2) is 4.39 Å². The predicted octanol–water partition coefficient (Wildman–Crippen LogP) is 3.40. The first-order valence-electron chi connectivity index (χ1n) is 6.96. The number of amides is 1. The van der Waals surface area contributed by atoms with Gasteiger partial charge in [0.1, 0.15) is 5.82 Å². The van der Waals surface area contributed by atoms with E-state index in [9.17, 15) is 14.3 Å². The molecular formula is C17H18FNO2S. The largest absolute Gasteiger partial charge is 0.396 e. The Bertz CT molecular complexity index is 634. The van der Waals surface area contributed by atoms with E-state index in [4.69, 9.17) is 0 Å². The topological polar surface area (TPSA) is 49.3 Å². The minimum Gasteiger partial charge on any atom is -0.396 e. The van der Waals surface area contributed by atoms with Gasteiger partial charge in [-0.1, -0.05) is 30.3 Å². The monoisotopic (exact) mass is 319 g/mol. The lowest BCUT2D eigenvalue weighted by atomic mass is 10.0. The Labute approximate surface area is 133 Å². The van der Waals surface area contributed by atoms with E-state index in [-0.39, 0.29) is 24.4 Å². The number of thioether (sulfide) groups is 1. The summed E-state index contributed by atoms with van der Waals surface area (Å²) in [5.74, 6) is -0.614. The highest BCUT2D eigenvalue weighted by Crippen LogP contribution is 2.22. The molecule has 0 spiro atoms. The van der Waals surface area contributed by atoms with Gasteiger partial charge in [-0.3, -0.25) is 4.79 Å². The number of nitrogens with one attached hydrogen (secondary N) is 1. The van der Waals surface area contributed by atoms with Crippen molar-refractivity contribution in [3.8, 4) is 0 Å². The minimum absolute atomic E-state index is 0.0285. The molecule has 0 saturated heterocycles. The van der Waals surface area contributed by atoms with Crippen molar-refractivity contribution in [3.63, 3.8) is 0 Å². The van der Waals surface area contributed by atoms with Crippen LogP contribution in [0.15, 0.2) is 53.4 Å². The number of carbonyl (C=O) groups excluding carboxylic acids is 1. The van der Waals surface area contributed by atoms with E-state index in [0.29, 0.717) is 16.9 Å². The van der Waals surface area contributed by atoms with Crippen molar-refractivity contribution in [1.29, 1.82) is 0 Å². The van der Waals surface area contributed by atoms with Crippen molar-refractivity contribution in [1.82, 2.24) is 5.32 Å². The molecule has 0 aromatic heterocycles. The van der Waals surface area contributed by atoms with E-state index in [0.717, 1.165) is 5.56 Å². The van der Waals surface area contributed by atoms with Gasteiger partial charge < -0.3 is 10.4 Å². The molecule has 116 valence electrons. The van der Waals surface area contributed by atoms with Crippen LogP contribution in [0.4, 0.5) is 4.39 Å². The summed E-state index contributed by atoms with van der Waals surface area (Å²) < 4.78 is 13.5. The highest BCUT2D eigenvalue weighted by atomic mass is 32.2. The number of hydrogen-bond acceptors (Lipinski definition) is 3. The fourth-order valence-electron chi connectivity index (χ4n) is 2.18. The number of rotatable bonds is 6. The lowest BCUT2D eigenvalue weighted by molar-refractivity contribution is 0.0929. The fraction of sp³-hybridized carbons (Fsp3) is 0.235. The Morgan fingerprint density at radius 3 is 2.64 bits per heavy atom. The third-order valence-electron chi connectivity index (χ3n) is 3.34. The number of benzene rings is 2. The minimum atomic E-state index is -0.334. The molecule has 2 aromatic carbocycles. The predicted molar refractivity (Wildman–Crippen MR) is 86.5 cm³/mol. The first-order valence-corrected chi connectivity index (χ1v) is 8.18. The zero-order valence-electron chi connectivity index (χ0n) is 12.3. The van der Waals surface area contributed by atoms with Gasteiger partial charge in [0.15, 0.2) is 0 Å². The maximum atomic E-state index is 13.5. The summed E-state index contributed by atoms with van der Waals surface area (Å²) in [6, 6.07) is 13.5. The maximum Gasteiger partial charge on any atom is 0.251 e. The zero-order chi connectivity index (χ0) is 15.9. The highest BCUT2D eigenvalue weighted by Gasteiger charge is 2.16. The average Bonchev–Trinajstić information content (AvgIpc) is 2.55. The molecule has 0 fully saturated rings. The molecule has 0 aliphatic carbocycles. The van der Waals surface area contributed by atoms with Gasteiger partial charge in [0, 0.05) is 17.1 Å². The molecule has 1 atom stereocenters. The Morgan fingerprint density at radius 1 is 1.27 bits per heavy atom. The van der Waals surface area contributed by atoms with E-state index in [1.807, 2.05) is 30.3 Å². The van der Waals surface area contributed by atoms with Crippen LogP contribution in [0.25, 0.3) is 0 Å². The summed E-state index contributed by atoms with van der Waals surface area (Å²) in [5, 5.41) is 12.1. The van der Waals surface area contributed by atoms with Gasteiger partial charge in [-0.15, -0.1) is 11.8 Å². The molecule has 0 radical (unpaired) electrons. The summed E-state index contributed by atoms with van der Waals surface area (Å²) in [5.41, 5.74) is 1.33. The van der Waals surface area contributed by atoms with Gasteiger partial charge in [0.2, 0.25) is 0 Å². The summed E-state index contributed by atoms with van der Waals surface area (Å²) >= 11 is 1.26. The fourth-order valence-corrected chi connectivity index (χ4v) is 2.69. The number of aliphatic hydroxyl groups excluding tert-OH is 1. The smallest absolute Gasteiger partial charge is 0.251 e. The van der Waals surface area contributed by atoms with Gasteiger partial charge >= 0.3 is 0 Å². The SMILES string of the molecule is CSc1cc(C(=O)NC(CCO)c2ccccc2)ccc1F. The first-order chi connectivity index (χ1) is 10.7. The molecule has 1 amide bonds. The molecule has 2 rings (SSSR count). The molecule has 5 heteroatoms. The van der Waals surface area contributed by atoms with Crippen molar-refractivity contribution in [2.24, 2.45) is 0 Å². The first kappa shape index (κ1) is 16.5. The highest BCUT2D eigenvalue weighted by molar-refractivity contribution is 7.98. The summed E-state index contributed by atoms with van der Waals surface area (Å²) in [6.07, 6.45) is 2.19. The third-order valence-corrected chi connectivity index (χ3v) is 4.09. The number of halogens is 1. The van der Waals surface area contributed by atoms with E-state index >= 15 is 0 Å². The molecule has 0 aliphatic rings. The zero-order valence-corrected chi connectivity index (χ0v) is 13.1. The second-order valence-electron chi connectivity index (χ2n) is 4.80. The van der Waals surface area contributed by atoms with Gasteiger partial charge in [0.05, 0.1) is 6.04 Å². The number of hydrogen-bond donors (Lipinski definition) is 2. The van der Waals surface area contributed by atoms with Crippen LogP contribution in [0.5, 0.6) is 0 Å². The van der Waals surface area contributed by atoms with E-state index < -0.39 is 0 Å². The van der Waals surface area contributed by atoms with Crippen LogP contribution in [0.3, 0.4) is 0 Å². The maximum absolute atomic E-state index is 13.5. The van der Waals surface area contributed by atoms with Gasteiger partial charge in [-0.05, 0) is 36.4 Å². The van der Waals surface area contributed by atoms with Crippen LogP contribution in [-0.2, 0) is 0 Å². The molecular weight excluding hydrogens is 301 g/mol. The number of carbonyl (C=O) groups is 1. The van der Waals surface area contributed by atoms with Crippen molar-refractivity contribution < 1.29 is 14.3 Å². The second-order valence-corrected chi connectivity index (χ2v) is 5.65. The Morgan fingerprint density at radius 2 is 2.00 bits per heavy atom. The molecule has 22 heavy (non-hydrogen) atoms. The van der Waals surface area contributed by atoms with Crippen molar-refractivity contribution in [3.05, 3.63) is 65.5 Å². The van der Waals surface area contributed by atoms with E-state index in [1.165, 1.54) is 30.0 Å². The third kappa shape index (κ3) is 4.08. The van der Waals surface area contributed by atoms with Crippen LogP contribution in [0, 0.1) is 5.82 Å². The lowest BCUT2D eigenvalue weighted by Crippen LogP contribution is -2.29. The van der Waals surface area contributed by atoms with Crippen LogP contribution in [0.1, 0.15) is 28.4 Å². The molecule has 0 aliphatic heterocycles. The van der Waals surface area contributed by atoms with Crippen molar-refractivity contribution in [2.75, 3.05) is 12.9 Å². The second kappa shape index (κ2) is 7.96. The molecule has 0 saturated carbocycles. The van der Waals surface area contributed by atoms with Crippen LogP contribution in [0.2, 0.25) is 0 Å². The normalized spacial score (nSPS) is 12.0. The quantitative estimate of drug-likeness (QED) is 0.802. The molecule has 2 N–H and O–H groups in total. The van der Waals surface area contributed by atoms with Crippen molar-refractivity contribution >= 4 is 17.7 Å². The van der Waals surface area contributed by atoms with E-state index in [1.54, 1.807) is 6.26 Å². The lowest BCUT2D eigenvalue weighted by Gasteiger charge is -2.18. The Hall–Kier alpha value is -1.85. The Kier molecular flexibility index (Phi) is 5.98. The number of aliphatic hydroxyl groups is 1. The standard InChI is InChI=1S/C17H18FNO2S/c1-22-16-11-13(7-8-14(16)18)17(21)19-15(9-10-20)12-5-3-2-4-6-12/h2-8,11,15,20H,9-10H2,1H3,(H,19,21). The van der Waals surface area contributed by atoms with Gasteiger partial charge in [0.25, 0.3) is 5.91 Å². The Balaban J connectivity index is 2.18. The summed E-state index contributed by atoms with van der Waals surface area (Å²) in [4.78, 5) is 12.8. The van der Waals surface area contributed by atoms with Crippen molar-refractivity contribution in [2.45, 2.75) is 17.4 Å². The van der Waals surface area contributed by atoms with E-state index in [2.05, 4.69) is 5.32 Å². The van der Waals surface area contributed by atoms with Crippen LogP contribution < -0.4 is 5.32 Å². The summed E-state index contributed by atoms with van der Waals surface area (Å²) in [7, 11) is 0. The molecule has 2 aromatic rings.